The van der Waals surface area contributed by atoms with Crippen LogP contribution in [0.5, 0.6) is 0 Å². The first-order valence-electron chi connectivity index (χ1n) is 7.37. The lowest BCUT2D eigenvalue weighted by Crippen LogP contribution is -2.49. The smallest absolute Gasteiger partial charge is 0.0433 e. The van der Waals surface area contributed by atoms with Crippen molar-refractivity contribution >= 4 is 0 Å². The highest BCUT2D eigenvalue weighted by atomic mass is 16.3. The third kappa shape index (κ3) is 3.37. The standard InChI is InChI=1S/C17H27NO/c1-17(2)15(9-10-19)11-16(17)13-18(3)12-14-7-5-4-6-8-14/h4-8,15-16,19H,9-13H2,1-3H3/t15-,16-/m0/s1. The summed E-state index contributed by atoms with van der Waals surface area (Å²) in [5.41, 5.74) is 1.77. The van der Waals surface area contributed by atoms with Gasteiger partial charge in [0, 0.05) is 19.7 Å². The number of hydrogen-bond donors (Lipinski definition) is 1. The average molecular weight is 261 g/mol. The monoisotopic (exact) mass is 261 g/mol. The quantitative estimate of drug-likeness (QED) is 0.850. The molecule has 1 saturated carbocycles. The predicted octanol–water partition coefficient (Wildman–Crippen LogP) is 3.16. The van der Waals surface area contributed by atoms with Crippen LogP contribution in [0.1, 0.15) is 32.3 Å². The van der Waals surface area contributed by atoms with E-state index in [9.17, 15) is 0 Å². The summed E-state index contributed by atoms with van der Waals surface area (Å²) >= 11 is 0. The van der Waals surface area contributed by atoms with Gasteiger partial charge in [-0.3, -0.25) is 0 Å². The van der Waals surface area contributed by atoms with Gasteiger partial charge < -0.3 is 10.0 Å². The van der Waals surface area contributed by atoms with Gasteiger partial charge in [-0.15, -0.1) is 0 Å². The second kappa shape index (κ2) is 6.06. The number of aliphatic hydroxyl groups is 1. The Morgan fingerprint density at radius 3 is 2.47 bits per heavy atom. The van der Waals surface area contributed by atoms with Gasteiger partial charge >= 0.3 is 0 Å². The minimum Gasteiger partial charge on any atom is -0.396 e. The van der Waals surface area contributed by atoms with E-state index in [4.69, 9.17) is 5.11 Å². The zero-order chi connectivity index (χ0) is 13.9. The van der Waals surface area contributed by atoms with Crippen molar-refractivity contribution in [2.75, 3.05) is 20.2 Å². The minimum absolute atomic E-state index is 0.334. The van der Waals surface area contributed by atoms with Crippen LogP contribution in [-0.2, 0) is 6.54 Å². The summed E-state index contributed by atoms with van der Waals surface area (Å²) in [6.07, 6.45) is 2.23. The van der Waals surface area contributed by atoms with Gasteiger partial charge in [0.05, 0.1) is 0 Å². The summed E-state index contributed by atoms with van der Waals surface area (Å²) in [5, 5.41) is 9.09. The van der Waals surface area contributed by atoms with E-state index in [1.54, 1.807) is 0 Å². The van der Waals surface area contributed by atoms with Crippen molar-refractivity contribution in [1.82, 2.24) is 4.90 Å². The summed E-state index contributed by atoms with van der Waals surface area (Å²) in [4.78, 5) is 2.43. The van der Waals surface area contributed by atoms with Crippen LogP contribution in [-0.4, -0.2) is 30.2 Å². The normalized spacial score (nSPS) is 25.3. The van der Waals surface area contributed by atoms with Crippen LogP contribution in [0, 0.1) is 17.3 Å². The molecule has 19 heavy (non-hydrogen) atoms. The highest BCUT2D eigenvalue weighted by Crippen LogP contribution is 2.52. The first-order valence-corrected chi connectivity index (χ1v) is 7.37. The topological polar surface area (TPSA) is 23.5 Å². The average Bonchev–Trinajstić information content (AvgIpc) is 2.39. The molecule has 2 nitrogen and oxygen atoms in total. The van der Waals surface area contributed by atoms with Crippen LogP contribution < -0.4 is 0 Å². The van der Waals surface area contributed by atoms with Gasteiger partial charge in [0.25, 0.3) is 0 Å². The van der Waals surface area contributed by atoms with Gasteiger partial charge in [-0.25, -0.2) is 0 Å². The second-order valence-electron chi connectivity index (χ2n) is 6.65. The van der Waals surface area contributed by atoms with E-state index in [0.717, 1.165) is 25.4 Å². The molecule has 1 N–H and O–H groups in total. The maximum Gasteiger partial charge on any atom is 0.0433 e. The van der Waals surface area contributed by atoms with Crippen molar-refractivity contribution in [3.8, 4) is 0 Å². The molecule has 0 aliphatic heterocycles. The summed E-state index contributed by atoms with van der Waals surface area (Å²) < 4.78 is 0. The zero-order valence-corrected chi connectivity index (χ0v) is 12.5. The molecule has 0 aromatic heterocycles. The third-order valence-corrected chi connectivity index (χ3v) is 4.98. The molecule has 106 valence electrons. The highest BCUT2D eigenvalue weighted by molar-refractivity contribution is 5.14. The fourth-order valence-corrected chi connectivity index (χ4v) is 3.42. The Labute approximate surface area is 117 Å². The summed E-state index contributed by atoms with van der Waals surface area (Å²) in [5.74, 6) is 1.46. The molecule has 0 bridgehead atoms. The Balaban J connectivity index is 1.82. The van der Waals surface area contributed by atoms with Crippen molar-refractivity contribution in [1.29, 1.82) is 0 Å². The molecule has 0 radical (unpaired) electrons. The molecule has 0 heterocycles. The van der Waals surface area contributed by atoms with Crippen LogP contribution in [0.2, 0.25) is 0 Å². The molecule has 2 rings (SSSR count). The molecular weight excluding hydrogens is 234 g/mol. The number of nitrogens with zero attached hydrogens (tertiary/aromatic N) is 1. The SMILES string of the molecule is CN(Cc1ccccc1)C[C@@H]1C[C@H](CCO)C1(C)C. The van der Waals surface area contributed by atoms with Crippen LogP contribution in [0.25, 0.3) is 0 Å². The molecular formula is C17H27NO. The minimum atomic E-state index is 0.334. The molecule has 0 amide bonds. The lowest BCUT2D eigenvalue weighted by molar-refractivity contribution is -0.0484. The Morgan fingerprint density at radius 2 is 1.89 bits per heavy atom. The van der Waals surface area contributed by atoms with Gasteiger partial charge in [0.1, 0.15) is 0 Å². The van der Waals surface area contributed by atoms with Crippen LogP contribution in [0.3, 0.4) is 0 Å². The van der Waals surface area contributed by atoms with Crippen molar-refractivity contribution < 1.29 is 5.11 Å². The van der Waals surface area contributed by atoms with Gasteiger partial charge in [0.2, 0.25) is 0 Å². The molecule has 1 aromatic carbocycles. The second-order valence-corrected chi connectivity index (χ2v) is 6.65. The van der Waals surface area contributed by atoms with Gasteiger partial charge in [-0.05, 0) is 42.7 Å². The van der Waals surface area contributed by atoms with E-state index in [1.807, 2.05) is 0 Å². The lowest BCUT2D eigenvalue weighted by Gasteiger charge is -2.53. The maximum absolute atomic E-state index is 9.09. The Kier molecular flexibility index (Phi) is 4.64. The predicted molar refractivity (Wildman–Crippen MR) is 79.9 cm³/mol. The van der Waals surface area contributed by atoms with Crippen molar-refractivity contribution in [2.45, 2.75) is 33.2 Å². The molecule has 2 heteroatoms. The first kappa shape index (κ1) is 14.5. The fraction of sp³-hybridized carbons (Fsp3) is 0.647. The molecule has 0 saturated heterocycles. The van der Waals surface area contributed by atoms with E-state index < -0.39 is 0 Å². The fourth-order valence-electron chi connectivity index (χ4n) is 3.42. The van der Waals surface area contributed by atoms with E-state index in [0.29, 0.717) is 17.9 Å². The summed E-state index contributed by atoms with van der Waals surface area (Å²) in [6, 6.07) is 10.7. The van der Waals surface area contributed by atoms with E-state index in [-0.39, 0.29) is 0 Å². The molecule has 1 aliphatic rings. The molecule has 1 aliphatic carbocycles. The lowest BCUT2D eigenvalue weighted by atomic mass is 9.54. The van der Waals surface area contributed by atoms with Gasteiger partial charge in [-0.2, -0.15) is 0 Å². The van der Waals surface area contributed by atoms with Crippen molar-refractivity contribution in [3.63, 3.8) is 0 Å². The van der Waals surface area contributed by atoms with Crippen LogP contribution >= 0.6 is 0 Å². The molecule has 1 aromatic rings. The largest absolute Gasteiger partial charge is 0.396 e. The Morgan fingerprint density at radius 1 is 1.21 bits per heavy atom. The third-order valence-electron chi connectivity index (χ3n) is 4.98. The van der Waals surface area contributed by atoms with Gasteiger partial charge in [0.15, 0.2) is 0 Å². The number of benzene rings is 1. The Bertz CT molecular complexity index is 388. The van der Waals surface area contributed by atoms with E-state index >= 15 is 0 Å². The summed E-state index contributed by atoms with van der Waals surface area (Å²) in [6.45, 7) is 7.23. The van der Waals surface area contributed by atoms with E-state index in [2.05, 4.69) is 56.1 Å². The summed E-state index contributed by atoms with van der Waals surface area (Å²) in [7, 11) is 2.21. The van der Waals surface area contributed by atoms with Crippen LogP contribution in [0.4, 0.5) is 0 Å². The highest BCUT2D eigenvalue weighted by Gasteiger charge is 2.47. The number of hydrogen-bond acceptors (Lipinski definition) is 2. The number of rotatable bonds is 6. The number of aliphatic hydroxyl groups excluding tert-OH is 1. The molecule has 1 fully saturated rings. The Hall–Kier alpha value is -0.860. The van der Waals surface area contributed by atoms with Gasteiger partial charge in [-0.1, -0.05) is 44.2 Å². The maximum atomic E-state index is 9.09. The van der Waals surface area contributed by atoms with Crippen molar-refractivity contribution in [2.24, 2.45) is 17.3 Å². The first-order chi connectivity index (χ1) is 9.04. The molecule has 2 atom stereocenters. The van der Waals surface area contributed by atoms with E-state index in [1.165, 1.54) is 12.0 Å². The molecule has 0 unspecified atom stereocenters. The van der Waals surface area contributed by atoms with Crippen molar-refractivity contribution in [3.05, 3.63) is 35.9 Å². The van der Waals surface area contributed by atoms with Crippen LogP contribution in [0.15, 0.2) is 30.3 Å². The molecule has 0 spiro atoms. The zero-order valence-electron chi connectivity index (χ0n) is 12.5.